The minimum absolute atomic E-state index is 0.214. The van der Waals surface area contributed by atoms with E-state index in [1.165, 1.54) is 18.9 Å². The molecule has 3 nitrogen and oxygen atoms in total. The molecule has 0 saturated heterocycles. The molecule has 3 heteroatoms. The van der Waals surface area contributed by atoms with Crippen molar-refractivity contribution in [3.8, 4) is 5.75 Å². The fraction of sp³-hybridized carbons (Fsp3) is 0.400. The van der Waals surface area contributed by atoms with Gasteiger partial charge in [-0.05, 0) is 30.2 Å². The van der Waals surface area contributed by atoms with E-state index in [1.54, 1.807) is 30.3 Å². The number of carbonyl (C=O) groups excluding carboxylic acids is 1. The maximum absolute atomic E-state index is 11.4. The Bertz CT molecular complexity index is 379. The Morgan fingerprint density at radius 1 is 1.22 bits per heavy atom. The van der Waals surface area contributed by atoms with Crippen LogP contribution < -0.4 is 0 Å². The summed E-state index contributed by atoms with van der Waals surface area (Å²) in [6, 6.07) is 6.63. The second kappa shape index (κ2) is 8.34. The fourth-order valence-corrected chi connectivity index (χ4v) is 1.50. The van der Waals surface area contributed by atoms with Gasteiger partial charge in [0, 0.05) is 6.08 Å². The van der Waals surface area contributed by atoms with Gasteiger partial charge in [-0.15, -0.1) is 0 Å². The minimum atomic E-state index is -0.320. The van der Waals surface area contributed by atoms with E-state index in [0.29, 0.717) is 6.61 Å². The van der Waals surface area contributed by atoms with E-state index >= 15 is 0 Å². The van der Waals surface area contributed by atoms with Gasteiger partial charge in [0.1, 0.15) is 5.75 Å². The Morgan fingerprint density at radius 2 is 1.94 bits per heavy atom. The third-order valence-electron chi connectivity index (χ3n) is 2.55. The van der Waals surface area contributed by atoms with Crippen molar-refractivity contribution in [1.82, 2.24) is 0 Å². The van der Waals surface area contributed by atoms with Crippen molar-refractivity contribution in [3.63, 3.8) is 0 Å². The molecular formula is C15H20O3. The number of hydrogen-bond donors (Lipinski definition) is 1. The van der Waals surface area contributed by atoms with Gasteiger partial charge in [-0.25, -0.2) is 4.79 Å². The number of rotatable bonds is 7. The first-order chi connectivity index (χ1) is 8.72. The van der Waals surface area contributed by atoms with E-state index < -0.39 is 0 Å². The molecule has 0 radical (unpaired) electrons. The highest BCUT2D eigenvalue weighted by molar-refractivity contribution is 5.87. The average Bonchev–Trinajstić information content (AvgIpc) is 2.38. The van der Waals surface area contributed by atoms with E-state index in [0.717, 1.165) is 18.4 Å². The first kappa shape index (κ1) is 14.3. The second-order valence-electron chi connectivity index (χ2n) is 4.15. The third kappa shape index (κ3) is 6.09. The van der Waals surface area contributed by atoms with E-state index in [-0.39, 0.29) is 11.7 Å². The highest BCUT2D eigenvalue weighted by Crippen LogP contribution is 2.10. The van der Waals surface area contributed by atoms with Crippen LogP contribution in [0.4, 0.5) is 0 Å². The van der Waals surface area contributed by atoms with Gasteiger partial charge in [0.15, 0.2) is 0 Å². The van der Waals surface area contributed by atoms with Gasteiger partial charge >= 0.3 is 5.97 Å². The summed E-state index contributed by atoms with van der Waals surface area (Å²) in [7, 11) is 0. The summed E-state index contributed by atoms with van der Waals surface area (Å²) in [5, 5.41) is 9.11. The van der Waals surface area contributed by atoms with Crippen LogP contribution in [-0.2, 0) is 9.53 Å². The average molecular weight is 248 g/mol. The third-order valence-corrected chi connectivity index (χ3v) is 2.55. The molecule has 0 atom stereocenters. The van der Waals surface area contributed by atoms with Crippen molar-refractivity contribution in [1.29, 1.82) is 0 Å². The molecule has 1 rings (SSSR count). The maximum Gasteiger partial charge on any atom is 0.330 e. The Balaban J connectivity index is 2.25. The van der Waals surface area contributed by atoms with Gasteiger partial charge in [0.05, 0.1) is 6.61 Å². The number of phenolic OH excluding ortho intramolecular Hbond substituents is 1. The largest absolute Gasteiger partial charge is 0.508 e. The number of aromatic hydroxyl groups is 1. The lowest BCUT2D eigenvalue weighted by Crippen LogP contribution is -2.02. The van der Waals surface area contributed by atoms with Crippen molar-refractivity contribution in [2.75, 3.05) is 6.61 Å². The van der Waals surface area contributed by atoms with Crippen LogP contribution in [0, 0.1) is 0 Å². The van der Waals surface area contributed by atoms with Gasteiger partial charge in [0.25, 0.3) is 0 Å². The van der Waals surface area contributed by atoms with E-state index in [4.69, 9.17) is 9.84 Å². The molecule has 0 saturated carbocycles. The number of hydrogen-bond acceptors (Lipinski definition) is 3. The van der Waals surface area contributed by atoms with Gasteiger partial charge in [-0.2, -0.15) is 0 Å². The molecule has 1 aromatic rings. The topological polar surface area (TPSA) is 46.5 Å². The number of ether oxygens (including phenoxy) is 1. The van der Waals surface area contributed by atoms with Crippen LogP contribution in [-0.4, -0.2) is 17.7 Å². The number of esters is 1. The molecule has 0 aliphatic rings. The van der Waals surface area contributed by atoms with Gasteiger partial charge in [-0.3, -0.25) is 0 Å². The molecule has 0 amide bonds. The van der Waals surface area contributed by atoms with Crippen LogP contribution in [0.3, 0.4) is 0 Å². The van der Waals surface area contributed by atoms with Crippen LogP contribution in [0.25, 0.3) is 6.08 Å². The molecule has 18 heavy (non-hydrogen) atoms. The van der Waals surface area contributed by atoms with Gasteiger partial charge in [0.2, 0.25) is 0 Å². The quantitative estimate of drug-likeness (QED) is 0.456. The maximum atomic E-state index is 11.4. The highest BCUT2D eigenvalue weighted by Gasteiger charge is 1.96. The Kier molecular flexibility index (Phi) is 6.62. The number of unbranched alkanes of at least 4 members (excludes halogenated alkanes) is 3. The molecule has 0 spiro atoms. The molecule has 98 valence electrons. The van der Waals surface area contributed by atoms with E-state index in [2.05, 4.69) is 6.92 Å². The lowest BCUT2D eigenvalue weighted by molar-refractivity contribution is -0.137. The fourth-order valence-electron chi connectivity index (χ4n) is 1.50. The van der Waals surface area contributed by atoms with E-state index in [1.807, 2.05) is 0 Å². The van der Waals surface area contributed by atoms with Crippen molar-refractivity contribution in [2.24, 2.45) is 0 Å². The zero-order valence-electron chi connectivity index (χ0n) is 10.8. The van der Waals surface area contributed by atoms with E-state index in [9.17, 15) is 4.79 Å². The predicted octanol–water partition coefficient (Wildman–Crippen LogP) is 3.53. The smallest absolute Gasteiger partial charge is 0.330 e. The number of carbonyl (C=O) groups is 1. The summed E-state index contributed by atoms with van der Waals surface area (Å²) in [5.74, 6) is -0.106. The zero-order valence-corrected chi connectivity index (χ0v) is 10.8. The number of phenols is 1. The summed E-state index contributed by atoms with van der Waals surface area (Å²) in [6.45, 7) is 2.63. The molecule has 0 aliphatic carbocycles. The molecule has 0 fully saturated rings. The minimum Gasteiger partial charge on any atom is -0.508 e. The number of benzene rings is 1. The Labute approximate surface area is 108 Å². The molecular weight excluding hydrogens is 228 g/mol. The summed E-state index contributed by atoms with van der Waals surface area (Å²) >= 11 is 0. The normalized spacial score (nSPS) is 10.7. The summed E-state index contributed by atoms with van der Waals surface area (Å²) < 4.78 is 5.06. The predicted molar refractivity (Wildman–Crippen MR) is 72.2 cm³/mol. The standard InChI is InChI=1S/C15H20O3/c1-2-3-4-5-12-18-15(17)11-8-13-6-9-14(16)10-7-13/h6-11,16H,2-5,12H2,1H3. The van der Waals surface area contributed by atoms with Gasteiger partial charge in [-0.1, -0.05) is 38.3 Å². The zero-order chi connectivity index (χ0) is 13.2. The lowest BCUT2D eigenvalue weighted by atomic mass is 10.2. The van der Waals surface area contributed by atoms with Crippen LogP contribution in [0.5, 0.6) is 5.75 Å². The van der Waals surface area contributed by atoms with Crippen LogP contribution in [0.1, 0.15) is 38.2 Å². The lowest BCUT2D eigenvalue weighted by Gasteiger charge is -2.01. The molecule has 0 aromatic heterocycles. The first-order valence-corrected chi connectivity index (χ1v) is 6.36. The van der Waals surface area contributed by atoms with Crippen molar-refractivity contribution in [2.45, 2.75) is 32.6 Å². The Morgan fingerprint density at radius 3 is 2.61 bits per heavy atom. The van der Waals surface area contributed by atoms with Crippen molar-refractivity contribution in [3.05, 3.63) is 35.9 Å². The summed E-state index contributed by atoms with van der Waals surface area (Å²) in [6.07, 6.45) is 7.47. The highest BCUT2D eigenvalue weighted by atomic mass is 16.5. The molecule has 0 heterocycles. The van der Waals surface area contributed by atoms with Crippen LogP contribution in [0.2, 0.25) is 0 Å². The Hall–Kier alpha value is -1.77. The van der Waals surface area contributed by atoms with Crippen molar-refractivity contribution >= 4 is 12.0 Å². The molecule has 0 aliphatic heterocycles. The molecule has 0 bridgehead atoms. The monoisotopic (exact) mass is 248 g/mol. The van der Waals surface area contributed by atoms with Crippen LogP contribution in [0.15, 0.2) is 30.3 Å². The second-order valence-corrected chi connectivity index (χ2v) is 4.15. The van der Waals surface area contributed by atoms with Crippen LogP contribution >= 0.6 is 0 Å². The SMILES string of the molecule is CCCCCCOC(=O)C=Cc1ccc(O)cc1. The molecule has 1 aromatic carbocycles. The summed E-state index contributed by atoms with van der Waals surface area (Å²) in [4.78, 5) is 11.4. The molecule has 0 unspecified atom stereocenters. The first-order valence-electron chi connectivity index (χ1n) is 6.36. The molecule has 1 N–H and O–H groups in total. The summed E-state index contributed by atoms with van der Waals surface area (Å²) in [5.41, 5.74) is 0.857. The van der Waals surface area contributed by atoms with Gasteiger partial charge < -0.3 is 9.84 Å². The van der Waals surface area contributed by atoms with Crippen molar-refractivity contribution < 1.29 is 14.6 Å².